The first kappa shape index (κ1) is 12.7. The molecule has 7 heteroatoms. The number of aromatic nitrogens is 2. The number of pyridine rings is 1. The van der Waals surface area contributed by atoms with Gasteiger partial charge in [0.2, 0.25) is 0 Å². The van der Waals surface area contributed by atoms with E-state index in [4.69, 9.17) is 0 Å². The monoisotopic (exact) mass is 260 g/mol. The van der Waals surface area contributed by atoms with E-state index in [0.29, 0.717) is 6.07 Å². The van der Waals surface area contributed by atoms with Crippen LogP contribution in [0.4, 0.5) is 13.2 Å². The average molecular weight is 260 g/mol. The van der Waals surface area contributed by atoms with Crippen molar-refractivity contribution in [3.8, 4) is 5.75 Å². The van der Waals surface area contributed by atoms with Crippen molar-refractivity contribution in [2.24, 2.45) is 0 Å². The number of rotatable bonds is 1. The van der Waals surface area contributed by atoms with E-state index in [1.165, 1.54) is 20.0 Å². The largest absolute Gasteiger partial charge is 0.506 e. The van der Waals surface area contributed by atoms with Crippen molar-refractivity contribution in [1.29, 1.82) is 0 Å². The molecule has 2 heterocycles. The molecule has 0 saturated carbocycles. The van der Waals surface area contributed by atoms with E-state index in [9.17, 15) is 23.4 Å². The molecular weight excluding hydrogens is 249 g/mol. The maximum absolute atomic E-state index is 12.8. The van der Waals surface area contributed by atoms with Crippen molar-refractivity contribution in [2.45, 2.75) is 25.6 Å². The van der Waals surface area contributed by atoms with Crippen molar-refractivity contribution >= 4 is 5.65 Å². The van der Waals surface area contributed by atoms with Crippen LogP contribution < -0.4 is 0 Å². The van der Waals surface area contributed by atoms with E-state index in [1.807, 2.05) is 0 Å². The number of aliphatic hydroxyl groups is 1. The lowest BCUT2D eigenvalue weighted by atomic mass is 10.1. The fraction of sp³-hybridized carbons (Fsp3) is 0.364. The van der Waals surface area contributed by atoms with Gasteiger partial charge in [-0.1, -0.05) is 0 Å². The highest BCUT2D eigenvalue weighted by Crippen LogP contribution is 2.35. The van der Waals surface area contributed by atoms with Gasteiger partial charge in [-0.05, 0) is 19.9 Å². The van der Waals surface area contributed by atoms with Crippen molar-refractivity contribution in [3.05, 3.63) is 29.7 Å². The summed E-state index contributed by atoms with van der Waals surface area (Å²) in [5.74, 6) is -0.519. The first-order valence-electron chi connectivity index (χ1n) is 5.11. The zero-order chi connectivity index (χ0) is 13.7. The van der Waals surface area contributed by atoms with Gasteiger partial charge in [-0.3, -0.25) is 0 Å². The van der Waals surface area contributed by atoms with E-state index in [0.717, 1.165) is 10.6 Å². The van der Waals surface area contributed by atoms with Crippen molar-refractivity contribution in [2.75, 3.05) is 0 Å². The third kappa shape index (κ3) is 2.13. The maximum atomic E-state index is 12.8. The zero-order valence-corrected chi connectivity index (χ0v) is 9.65. The Bertz CT molecular complexity index is 597. The Kier molecular flexibility index (Phi) is 2.55. The number of hydrogen-bond donors (Lipinski definition) is 2. The molecule has 0 bridgehead atoms. The molecule has 0 aliphatic carbocycles. The topological polar surface area (TPSA) is 57.8 Å². The Balaban J connectivity index is 2.76. The number of aromatic hydroxyl groups is 1. The van der Waals surface area contributed by atoms with Gasteiger partial charge >= 0.3 is 6.18 Å². The number of alkyl halides is 3. The summed E-state index contributed by atoms with van der Waals surface area (Å²) < 4.78 is 39.4. The smallest absolute Gasteiger partial charge is 0.420 e. The number of halogens is 3. The van der Waals surface area contributed by atoms with Gasteiger partial charge in [-0.2, -0.15) is 13.2 Å². The minimum absolute atomic E-state index is 0.0959. The van der Waals surface area contributed by atoms with Gasteiger partial charge in [-0.25, -0.2) is 4.98 Å². The van der Waals surface area contributed by atoms with Crippen LogP contribution in [0.15, 0.2) is 18.5 Å². The van der Waals surface area contributed by atoms with Crippen LogP contribution in [0.25, 0.3) is 5.65 Å². The van der Waals surface area contributed by atoms with E-state index in [1.54, 1.807) is 0 Å². The van der Waals surface area contributed by atoms with Crippen LogP contribution in [0.1, 0.15) is 25.1 Å². The Labute approximate surface area is 100 Å². The van der Waals surface area contributed by atoms with E-state index in [-0.39, 0.29) is 11.3 Å². The molecule has 0 aliphatic heterocycles. The Morgan fingerprint density at radius 1 is 1.22 bits per heavy atom. The molecule has 4 nitrogen and oxygen atoms in total. The van der Waals surface area contributed by atoms with Crippen molar-refractivity contribution in [3.63, 3.8) is 0 Å². The molecule has 2 N–H and O–H groups in total. The lowest BCUT2D eigenvalue weighted by Crippen LogP contribution is -2.15. The quantitative estimate of drug-likeness (QED) is 0.827. The second-order valence-electron chi connectivity index (χ2n) is 4.53. The Morgan fingerprint density at radius 2 is 1.83 bits per heavy atom. The number of fused-ring (bicyclic) bond motifs is 1. The molecule has 98 valence electrons. The summed E-state index contributed by atoms with van der Waals surface area (Å²) >= 11 is 0. The lowest BCUT2D eigenvalue weighted by molar-refractivity contribution is -0.136. The van der Waals surface area contributed by atoms with Crippen LogP contribution >= 0.6 is 0 Å². The van der Waals surface area contributed by atoms with Crippen LogP contribution in [0, 0.1) is 0 Å². The average Bonchev–Trinajstić information content (AvgIpc) is 2.57. The summed E-state index contributed by atoms with van der Waals surface area (Å²) in [6.07, 6.45) is -2.26. The predicted octanol–water partition coefficient (Wildman–Crippen LogP) is 2.29. The normalized spacial score (nSPS) is 13.2. The van der Waals surface area contributed by atoms with E-state index in [2.05, 4.69) is 4.98 Å². The Morgan fingerprint density at radius 3 is 2.33 bits per heavy atom. The molecule has 0 spiro atoms. The summed E-state index contributed by atoms with van der Waals surface area (Å²) in [6, 6.07) is 0.608. The molecule has 0 aliphatic rings. The summed E-state index contributed by atoms with van der Waals surface area (Å²) in [5, 5.41) is 19.0. The van der Waals surface area contributed by atoms with E-state index >= 15 is 0 Å². The highest BCUT2D eigenvalue weighted by molar-refractivity contribution is 5.53. The summed E-state index contributed by atoms with van der Waals surface area (Å²) in [6.45, 7) is 2.84. The third-order valence-electron chi connectivity index (χ3n) is 2.47. The summed E-state index contributed by atoms with van der Waals surface area (Å²) in [7, 11) is 0. The Hall–Kier alpha value is -1.76. The van der Waals surface area contributed by atoms with Gasteiger partial charge < -0.3 is 14.6 Å². The van der Waals surface area contributed by atoms with Crippen molar-refractivity contribution in [1.82, 2.24) is 9.38 Å². The molecule has 0 unspecified atom stereocenters. The molecule has 0 saturated heterocycles. The van der Waals surface area contributed by atoms with Crippen LogP contribution in [-0.2, 0) is 11.8 Å². The molecule has 0 amide bonds. The summed E-state index contributed by atoms with van der Waals surface area (Å²) in [5.41, 5.74) is -2.65. The second kappa shape index (κ2) is 3.61. The van der Waals surface area contributed by atoms with Gasteiger partial charge in [0.05, 0.1) is 11.9 Å². The molecule has 2 aromatic rings. The SMILES string of the molecule is CC(C)(O)c1cn2cc(O)cc(C(F)(F)F)c2n1. The minimum atomic E-state index is -4.62. The van der Waals surface area contributed by atoms with Crippen LogP contribution in [0.3, 0.4) is 0 Å². The first-order chi connectivity index (χ1) is 8.09. The van der Waals surface area contributed by atoms with Gasteiger partial charge in [0, 0.05) is 6.20 Å². The van der Waals surface area contributed by atoms with Gasteiger partial charge in [0.25, 0.3) is 0 Å². The predicted molar refractivity (Wildman–Crippen MR) is 57.1 cm³/mol. The van der Waals surface area contributed by atoms with Gasteiger partial charge in [0.15, 0.2) is 0 Å². The molecule has 2 aromatic heterocycles. The van der Waals surface area contributed by atoms with Crippen molar-refractivity contribution < 1.29 is 23.4 Å². The number of nitrogens with zero attached hydrogens (tertiary/aromatic N) is 2. The molecule has 0 fully saturated rings. The number of imidazole rings is 1. The maximum Gasteiger partial charge on any atom is 0.420 e. The standard InChI is InChI=1S/C11H11F3N2O2/c1-10(2,18)8-5-16-4-6(17)3-7(9(16)15-8)11(12,13)14/h3-5,17-18H,1-2H3. The zero-order valence-electron chi connectivity index (χ0n) is 9.65. The summed E-state index contributed by atoms with van der Waals surface area (Å²) in [4.78, 5) is 3.77. The van der Waals surface area contributed by atoms with Crippen LogP contribution in [-0.4, -0.2) is 19.6 Å². The number of hydrogen-bond acceptors (Lipinski definition) is 3. The molecule has 0 radical (unpaired) electrons. The van der Waals surface area contributed by atoms with Gasteiger partial charge in [0.1, 0.15) is 22.6 Å². The first-order valence-corrected chi connectivity index (χ1v) is 5.11. The molecule has 18 heavy (non-hydrogen) atoms. The molecular formula is C11H11F3N2O2. The second-order valence-corrected chi connectivity index (χ2v) is 4.53. The van der Waals surface area contributed by atoms with Crippen LogP contribution in [0.5, 0.6) is 5.75 Å². The third-order valence-corrected chi connectivity index (χ3v) is 2.47. The molecule has 2 rings (SSSR count). The van der Waals surface area contributed by atoms with Gasteiger partial charge in [-0.15, -0.1) is 0 Å². The molecule has 0 atom stereocenters. The van der Waals surface area contributed by atoms with E-state index < -0.39 is 23.1 Å². The fourth-order valence-electron chi connectivity index (χ4n) is 1.59. The highest BCUT2D eigenvalue weighted by Gasteiger charge is 2.35. The lowest BCUT2D eigenvalue weighted by Gasteiger charge is -2.12. The molecule has 0 aromatic carbocycles. The fourth-order valence-corrected chi connectivity index (χ4v) is 1.59. The highest BCUT2D eigenvalue weighted by atomic mass is 19.4. The minimum Gasteiger partial charge on any atom is -0.506 e. The van der Waals surface area contributed by atoms with Crippen LogP contribution in [0.2, 0.25) is 0 Å².